The van der Waals surface area contributed by atoms with Crippen LogP contribution in [0.15, 0.2) is 42.0 Å². The highest BCUT2D eigenvalue weighted by molar-refractivity contribution is 8.93. The summed E-state index contributed by atoms with van der Waals surface area (Å²) in [6.07, 6.45) is 9.43. The Kier molecular flexibility index (Phi) is 4.55. The summed E-state index contributed by atoms with van der Waals surface area (Å²) in [5, 5.41) is 23.6. The Hall–Kier alpha value is -0.910. The van der Waals surface area contributed by atoms with Crippen LogP contribution in [-0.4, -0.2) is 32.8 Å². The largest absolute Gasteiger partial charge is 0.504 e. The van der Waals surface area contributed by atoms with Crippen LogP contribution in [0.1, 0.15) is 31.2 Å². The molecule has 3 aliphatic rings. The van der Waals surface area contributed by atoms with E-state index in [1.807, 2.05) is 17.8 Å². The van der Waals surface area contributed by atoms with Crippen molar-refractivity contribution < 1.29 is 10.2 Å². The van der Waals surface area contributed by atoms with E-state index in [2.05, 4.69) is 30.5 Å². The van der Waals surface area contributed by atoms with Crippen molar-refractivity contribution in [1.29, 1.82) is 0 Å². The summed E-state index contributed by atoms with van der Waals surface area (Å²) in [7, 11) is 0. The molecular weight excluding hydrogens is 374 g/mol. The Balaban J connectivity index is 0.00000156. The summed E-state index contributed by atoms with van der Waals surface area (Å²) >= 11 is 2.03. The summed E-state index contributed by atoms with van der Waals surface area (Å²) in [5.41, 5.74) is 2.54. The average molecular weight is 396 g/mol. The van der Waals surface area contributed by atoms with Gasteiger partial charge < -0.3 is 15.5 Å². The van der Waals surface area contributed by atoms with E-state index >= 15 is 0 Å². The molecule has 1 saturated heterocycles. The van der Waals surface area contributed by atoms with E-state index in [0.29, 0.717) is 11.3 Å². The minimum Gasteiger partial charge on any atom is -0.504 e. The van der Waals surface area contributed by atoms with Crippen LogP contribution in [0.4, 0.5) is 0 Å². The molecule has 124 valence electrons. The first-order chi connectivity index (χ1) is 10.6. The second-order valence-corrected chi connectivity index (χ2v) is 8.13. The molecule has 0 saturated carbocycles. The van der Waals surface area contributed by atoms with Crippen LogP contribution in [0, 0.1) is 0 Å². The number of hydrogen-bond acceptors (Lipinski definition) is 4. The number of hydrogen-bond donors (Lipinski definition) is 3. The van der Waals surface area contributed by atoms with Crippen LogP contribution in [0.3, 0.4) is 0 Å². The molecule has 0 radical (unpaired) electrons. The van der Waals surface area contributed by atoms with Gasteiger partial charge in [0.15, 0.2) is 11.5 Å². The molecule has 0 aromatic heterocycles. The highest BCUT2D eigenvalue weighted by atomic mass is 79.9. The predicted molar refractivity (Wildman–Crippen MR) is 101 cm³/mol. The van der Waals surface area contributed by atoms with Gasteiger partial charge in [0.25, 0.3) is 0 Å². The molecule has 1 aliphatic carbocycles. The fourth-order valence-corrected chi connectivity index (χ4v) is 5.85. The van der Waals surface area contributed by atoms with Crippen molar-refractivity contribution >= 4 is 28.7 Å². The molecule has 2 heterocycles. The second-order valence-electron chi connectivity index (χ2n) is 6.48. The third-order valence-corrected chi connectivity index (χ3v) is 6.65. The lowest BCUT2D eigenvalue weighted by atomic mass is 9.72. The highest BCUT2D eigenvalue weighted by Gasteiger charge is 2.51. The average Bonchev–Trinajstić information content (AvgIpc) is 2.84. The number of phenols is 2. The minimum atomic E-state index is -0.0548. The second kappa shape index (κ2) is 6.19. The molecule has 1 spiro atoms. The first-order valence-corrected chi connectivity index (χ1v) is 8.81. The van der Waals surface area contributed by atoms with Crippen LogP contribution in [0.2, 0.25) is 0 Å². The number of rotatable bonds is 1. The lowest BCUT2D eigenvalue weighted by Crippen LogP contribution is -2.55. The molecule has 0 bridgehead atoms. The minimum absolute atomic E-state index is 0. The van der Waals surface area contributed by atoms with E-state index in [9.17, 15) is 10.2 Å². The van der Waals surface area contributed by atoms with Crippen molar-refractivity contribution in [3.63, 3.8) is 0 Å². The molecular formula is C18H22BrNO2S. The maximum absolute atomic E-state index is 9.84. The number of phenolic OH excluding ortho intramolecular Hbond substituents is 2. The van der Waals surface area contributed by atoms with Crippen molar-refractivity contribution in [2.24, 2.45) is 0 Å². The maximum Gasteiger partial charge on any atom is 0.157 e. The summed E-state index contributed by atoms with van der Waals surface area (Å²) in [6, 6.07) is 5.72. The standard InChI is InChI=1S/C18H21NO2S.BrH/c1-11-8-14-13(12-5-6-15(20)16(21)9-12)10-19-17-4-2-3-7-18(14,17)22-11;/h3,5-9,11,13,17,19-21H,2,4,10H2,1H3;1H. The number of thioether (sulfide) groups is 1. The third kappa shape index (κ3) is 2.63. The molecule has 1 aromatic carbocycles. The van der Waals surface area contributed by atoms with Crippen LogP contribution >= 0.6 is 28.7 Å². The van der Waals surface area contributed by atoms with E-state index < -0.39 is 0 Å². The predicted octanol–water partition coefficient (Wildman–Crippen LogP) is 3.88. The van der Waals surface area contributed by atoms with Gasteiger partial charge in [-0.3, -0.25) is 0 Å². The molecule has 4 rings (SSSR count). The Morgan fingerprint density at radius 1 is 1.26 bits per heavy atom. The van der Waals surface area contributed by atoms with Crippen molar-refractivity contribution in [3.05, 3.63) is 47.6 Å². The van der Waals surface area contributed by atoms with Crippen molar-refractivity contribution in [2.45, 2.75) is 41.7 Å². The topological polar surface area (TPSA) is 52.5 Å². The maximum atomic E-state index is 9.84. The van der Waals surface area contributed by atoms with E-state index in [-0.39, 0.29) is 39.1 Å². The normalized spacial score (nSPS) is 35.0. The third-order valence-electron chi connectivity index (χ3n) is 5.10. The highest BCUT2D eigenvalue weighted by Crippen LogP contribution is 2.55. The quantitative estimate of drug-likeness (QED) is 0.498. The monoisotopic (exact) mass is 395 g/mol. The SMILES string of the molecule is Br.CC1C=C2C(c3ccc(O)c(O)c3)CNC3CCC=CC23S1. The van der Waals surface area contributed by atoms with Gasteiger partial charge in [0.1, 0.15) is 0 Å². The Bertz CT molecular complexity index is 675. The van der Waals surface area contributed by atoms with Gasteiger partial charge in [-0.25, -0.2) is 0 Å². The Morgan fingerprint density at radius 3 is 2.87 bits per heavy atom. The number of piperidine rings is 1. The fourth-order valence-electron chi connectivity index (χ4n) is 4.13. The first-order valence-electron chi connectivity index (χ1n) is 7.93. The summed E-state index contributed by atoms with van der Waals surface area (Å²) in [6.45, 7) is 3.15. The van der Waals surface area contributed by atoms with Crippen LogP contribution in [0.25, 0.3) is 0 Å². The number of aromatic hydroxyl groups is 2. The lowest BCUT2D eigenvalue weighted by Gasteiger charge is -2.47. The molecule has 2 aliphatic heterocycles. The van der Waals surface area contributed by atoms with Gasteiger partial charge in [-0.15, -0.1) is 28.7 Å². The van der Waals surface area contributed by atoms with Gasteiger partial charge in [0.05, 0.1) is 4.75 Å². The van der Waals surface area contributed by atoms with E-state index in [4.69, 9.17) is 0 Å². The van der Waals surface area contributed by atoms with Crippen LogP contribution in [0.5, 0.6) is 11.5 Å². The molecule has 4 atom stereocenters. The zero-order valence-electron chi connectivity index (χ0n) is 13.0. The van der Waals surface area contributed by atoms with Crippen LogP contribution in [-0.2, 0) is 0 Å². The number of nitrogens with one attached hydrogen (secondary N) is 1. The van der Waals surface area contributed by atoms with Gasteiger partial charge in [-0.2, -0.15) is 0 Å². The molecule has 3 N–H and O–H groups in total. The molecule has 4 unspecified atom stereocenters. The van der Waals surface area contributed by atoms with Gasteiger partial charge >= 0.3 is 0 Å². The Morgan fingerprint density at radius 2 is 2.09 bits per heavy atom. The number of benzene rings is 1. The number of allylic oxidation sites excluding steroid dienone is 1. The molecule has 1 fully saturated rings. The summed E-state index contributed by atoms with van der Waals surface area (Å²) < 4.78 is 0.0636. The lowest BCUT2D eigenvalue weighted by molar-refractivity contribution is 0.371. The van der Waals surface area contributed by atoms with E-state index in [1.165, 1.54) is 12.0 Å². The van der Waals surface area contributed by atoms with Crippen molar-refractivity contribution in [3.8, 4) is 11.5 Å². The van der Waals surface area contributed by atoms with Gasteiger partial charge in [0.2, 0.25) is 0 Å². The molecule has 0 amide bonds. The smallest absolute Gasteiger partial charge is 0.157 e. The first kappa shape index (κ1) is 16.9. The molecule has 1 aromatic rings. The van der Waals surface area contributed by atoms with E-state index in [0.717, 1.165) is 18.5 Å². The summed E-state index contributed by atoms with van der Waals surface area (Å²) in [4.78, 5) is 0. The van der Waals surface area contributed by atoms with Crippen molar-refractivity contribution in [1.82, 2.24) is 5.32 Å². The van der Waals surface area contributed by atoms with Gasteiger partial charge in [-0.1, -0.05) is 24.3 Å². The zero-order chi connectivity index (χ0) is 15.3. The summed E-state index contributed by atoms with van der Waals surface area (Å²) in [5.74, 6) is 0.163. The van der Waals surface area contributed by atoms with E-state index in [1.54, 1.807) is 12.1 Å². The zero-order valence-corrected chi connectivity index (χ0v) is 15.6. The van der Waals surface area contributed by atoms with Crippen molar-refractivity contribution in [2.75, 3.05) is 6.54 Å². The molecule has 3 nitrogen and oxygen atoms in total. The van der Waals surface area contributed by atoms with Crippen LogP contribution < -0.4 is 5.32 Å². The van der Waals surface area contributed by atoms with Gasteiger partial charge in [0, 0.05) is 23.8 Å². The fraction of sp³-hybridized carbons (Fsp3) is 0.444. The van der Waals surface area contributed by atoms with Gasteiger partial charge in [-0.05, 0) is 43.0 Å². The molecule has 5 heteroatoms. The Labute approximate surface area is 151 Å². The molecule has 23 heavy (non-hydrogen) atoms. The number of halogens is 1.